The minimum Gasteiger partial charge on any atom is -0.399 e. The molecule has 1 heterocycles. The number of aromatic nitrogens is 1. The zero-order valence-corrected chi connectivity index (χ0v) is 8.84. The van der Waals surface area contributed by atoms with E-state index in [1.54, 1.807) is 11.3 Å². The van der Waals surface area contributed by atoms with Crippen LogP contribution in [0, 0.1) is 6.92 Å². The van der Waals surface area contributed by atoms with Crippen molar-refractivity contribution in [1.29, 1.82) is 0 Å². The van der Waals surface area contributed by atoms with Crippen molar-refractivity contribution in [3.63, 3.8) is 0 Å². The van der Waals surface area contributed by atoms with Crippen molar-refractivity contribution in [2.75, 3.05) is 5.73 Å². The molecule has 2 N–H and O–H groups in total. The highest BCUT2D eigenvalue weighted by Crippen LogP contribution is 2.17. The van der Waals surface area contributed by atoms with Gasteiger partial charge in [-0.2, -0.15) is 0 Å². The van der Waals surface area contributed by atoms with Crippen LogP contribution in [0.4, 0.5) is 5.69 Å². The van der Waals surface area contributed by atoms with Crippen LogP contribution in [0.15, 0.2) is 29.8 Å². The van der Waals surface area contributed by atoms with Crippen molar-refractivity contribution in [2.24, 2.45) is 0 Å². The van der Waals surface area contributed by atoms with Crippen LogP contribution in [0.5, 0.6) is 0 Å². The summed E-state index contributed by atoms with van der Waals surface area (Å²) in [6, 6.07) is 8.00. The molecule has 1 aromatic carbocycles. The van der Waals surface area contributed by atoms with Gasteiger partial charge in [0.05, 0.1) is 11.2 Å². The molecule has 0 fully saturated rings. The van der Waals surface area contributed by atoms with E-state index in [1.165, 1.54) is 10.4 Å². The van der Waals surface area contributed by atoms with Crippen LogP contribution in [-0.2, 0) is 6.42 Å². The second kappa shape index (κ2) is 3.80. The van der Waals surface area contributed by atoms with Crippen LogP contribution >= 0.6 is 11.3 Å². The maximum absolute atomic E-state index is 5.62. The Kier molecular flexibility index (Phi) is 2.50. The van der Waals surface area contributed by atoms with Crippen molar-refractivity contribution in [2.45, 2.75) is 13.3 Å². The quantitative estimate of drug-likeness (QED) is 0.764. The smallest absolute Gasteiger partial charge is 0.0797 e. The summed E-state index contributed by atoms with van der Waals surface area (Å²) in [5.74, 6) is 0. The zero-order valence-electron chi connectivity index (χ0n) is 8.03. The van der Waals surface area contributed by atoms with E-state index in [0.717, 1.165) is 17.8 Å². The van der Waals surface area contributed by atoms with E-state index in [2.05, 4.69) is 17.1 Å². The Morgan fingerprint density at radius 2 is 2.00 bits per heavy atom. The van der Waals surface area contributed by atoms with Crippen LogP contribution in [0.1, 0.15) is 16.1 Å². The largest absolute Gasteiger partial charge is 0.399 e. The molecule has 0 aliphatic carbocycles. The van der Waals surface area contributed by atoms with Gasteiger partial charge in [-0.3, -0.25) is 0 Å². The summed E-state index contributed by atoms with van der Waals surface area (Å²) in [6.07, 6.45) is 0.955. The van der Waals surface area contributed by atoms with E-state index in [9.17, 15) is 0 Å². The number of anilines is 1. The van der Waals surface area contributed by atoms with Gasteiger partial charge in [-0.1, -0.05) is 12.1 Å². The van der Waals surface area contributed by atoms with Gasteiger partial charge in [-0.25, -0.2) is 4.98 Å². The first-order valence-electron chi connectivity index (χ1n) is 4.49. The van der Waals surface area contributed by atoms with Crippen LogP contribution in [0.3, 0.4) is 0 Å². The van der Waals surface area contributed by atoms with E-state index in [1.807, 2.05) is 24.6 Å². The Balaban J connectivity index is 2.19. The van der Waals surface area contributed by atoms with Crippen molar-refractivity contribution in [3.05, 3.63) is 45.9 Å². The van der Waals surface area contributed by atoms with Crippen molar-refractivity contribution in [3.8, 4) is 0 Å². The second-order valence-corrected chi connectivity index (χ2v) is 4.22. The molecule has 2 rings (SSSR count). The predicted molar refractivity (Wildman–Crippen MR) is 60.5 cm³/mol. The average Bonchev–Trinajstić information content (AvgIpc) is 2.56. The Morgan fingerprint density at radius 3 is 2.57 bits per heavy atom. The second-order valence-electron chi connectivity index (χ2n) is 3.28. The predicted octanol–water partition coefficient (Wildman–Crippen LogP) is 2.62. The number of thiazole rings is 1. The summed E-state index contributed by atoms with van der Waals surface area (Å²) in [7, 11) is 0. The summed E-state index contributed by atoms with van der Waals surface area (Å²) >= 11 is 1.71. The number of aryl methyl sites for hydroxylation is 1. The fourth-order valence-electron chi connectivity index (χ4n) is 1.32. The molecule has 0 unspecified atom stereocenters. The average molecular weight is 204 g/mol. The lowest BCUT2D eigenvalue weighted by Crippen LogP contribution is -1.89. The van der Waals surface area contributed by atoms with E-state index in [0.29, 0.717) is 0 Å². The molecule has 0 saturated carbocycles. The molecule has 0 bridgehead atoms. The van der Waals surface area contributed by atoms with Crippen LogP contribution in [-0.4, -0.2) is 4.98 Å². The zero-order chi connectivity index (χ0) is 9.97. The topological polar surface area (TPSA) is 38.9 Å². The highest BCUT2D eigenvalue weighted by atomic mass is 32.1. The van der Waals surface area contributed by atoms with E-state index >= 15 is 0 Å². The van der Waals surface area contributed by atoms with Crippen LogP contribution in [0.25, 0.3) is 0 Å². The summed E-state index contributed by atoms with van der Waals surface area (Å²) in [5, 5.41) is 0. The third-order valence-electron chi connectivity index (χ3n) is 2.19. The first kappa shape index (κ1) is 9.21. The van der Waals surface area contributed by atoms with Gasteiger partial charge in [0, 0.05) is 17.0 Å². The SMILES string of the molecule is Cc1ncsc1Cc1ccc(N)cc1. The number of nitrogen functional groups attached to an aromatic ring is 1. The Morgan fingerprint density at radius 1 is 1.29 bits per heavy atom. The third-order valence-corrected chi connectivity index (χ3v) is 3.12. The molecule has 72 valence electrons. The number of hydrogen-bond acceptors (Lipinski definition) is 3. The molecule has 0 amide bonds. The number of rotatable bonds is 2. The standard InChI is InChI=1S/C11H12N2S/c1-8-11(14-7-13-8)6-9-2-4-10(12)5-3-9/h2-5,7H,6,12H2,1H3. The van der Waals surface area contributed by atoms with E-state index in [-0.39, 0.29) is 0 Å². The van der Waals surface area contributed by atoms with Gasteiger partial charge in [0.15, 0.2) is 0 Å². The molecular formula is C11H12N2S. The third kappa shape index (κ3) is 1.93. The summed E-state index contributed by atoms with van der Waals surface area (Å²) in [6.45, 7) is 2.04. The first-order chi connectivity index (χ1) is 6.75. The molecular weight excluding hydrogens is 192 g/mol. The monoisotopic (exact) mass is 204 g/mol. The van der Waals surface area contributed by atoms with Crippen molar-refractivity contribution < 1.29 is 0 Å². The van der Waals surface area contributed by atoms with Crippen LogP contribution in [0.2, 0.25) is 0 Å². The van der Waals surface area contributed by atoms with Crippen molar-refractivity contribution >= 4 is 17.0 Å². The van der Waals surface area contributed by atoms with E-state index in [4.69, 9.17) is 5.73 Å². The fraction of sp³-hybridized carbons (Fsp3) is 0.182. The minimum absolute atomic E-state index is 0.815. The lowest BCUT2D eigenvalue weighted by Gasteiger charge is -2.00. The summed E-state index contributed by atoms with van der Waals surface area (Å²) < 4.78 is 0. The van der Waals surface area contributed by atoms with Gasteiger partial charge >= 0.3 is 0 Å². The molecule has 0 saturated heterocycles. The number of nitrogens with zero attached hydrogens (tertiary/aromatic N) is 1. The molecule has 0 radical (unpaired) electrons. The summed E-state index contributed by atoms with van der Waals surface area (Å²) in [4.78, 5) is 5.55. The molecule has 3 heteroatoms. The Labute approximate surface area is 87.4 Å². The van der Waals surface area contributed by atoms with Gasteiger partial charge in [0.1, 0.15) is 0 Å². The van der Waals surface area contributed by atoms with Gasteiger partial charge in [-0.15, -0.1) is 11.3 Å². The first-order valence-corrected chi connectivity index (χ1v) is 5.37. The lowest BCUT2D eigenvalue weighted by molar-refractivity contribution is 1.15. The highest BCUT2D eigenvalue weighted by molar-refractivity contribution is 7.09. The molecule has 1 aromatic heterocycles. The summed E-state index contributed by atoms with van der Waals surface area (Å²) in [5.41, 5.74) is 10.7. The molecule has 2 aromatic rings. The Hall–Kier alpha value is -1.35. The van der Waals surface area contributed by atoms with E-state index < -0.39 is 0 Å². The molecule has 2 nitrogen and oxygen atoms in total. The lowest BCUT2D eigenvalue weighted by atomic mass is 10.1. The number of benzene rings is 1. The fourth-order valence-corrected chi connectivity index (χ4v) is 2.13. The molecule has 14 heavy (non-hydrogen) atoms. The number of nitrogens with two attached hydrogens (primary N) is 1. The van der Waals surface area contributed by atoms with Crippen LogP contribution < -0.4 is 5.73 Å². The maximum Gasteiger partial charge on any atom is 0.0797 e. The highest BCUT2D eigenvalue weighted by Gasteiger charge is 2.02. The van der Waals surface area contributed by atoms with Gasteiger partial charge < -0.3 is 5.73 Å². The minimum atomic E-state index is 0.815. The maximum atomic E-state index is 5.62. The molecule has 0 atom stereocenters. The normalized spacial score (nSPS) is 10.4. The van der Waals surface area contributed by atoms with Gasteiger partial charge in [-0.05, 0) is 24.6 Å². The molecule has 0 aliphatic rings. The molecule has 0 aliphatic heterocycles. The molecule has 0 spiro atoms. The van der Waals surface area contributed by atoms with Gasteiger partial charge in [0.25, 0.3) is 0 Å². The van der Waals surface area contributed by atoms with Crippen molar-refractivity contribution in [1.82, 2.24) is 4.98 Å². The van der Waals surface area contributed by atoms with Gasteiger partial charge in [0.2, 0.25) is 0 Å². The Bertz CT molecular complexity index is 417. The number of hydrogen-bond donors (Lipinski definition) is 1.